The summed E-state index contributed by atoms with van der Waals surface area (Å²) in [5.74, 6) is -2.66. The normalized spacial score (nSPS) is 19.4. The number of Topliss-reactive ketones (excluding diaryl/α,β-unsaturated/α-hetero) is 1. The van der Waals surface area contributed by atoms with E-state index in [0.717, 1.165) is 10.7 Å². The Balaban J connectivity index is 0.000000245. The Morgan fingerprint density at radius 1 is 1.10 bits per heavy atom. The van der Waals surface area contributed by atoms with E-state index in [-0.39, 0.29) is 34.5 Å². The quantitative estimate of drug-likeness (QED) is 0.404. The molecule has 0 unspecified atom stereocenters. The van der Waals surface area contributed by atoms with Gasteiger partial charge in [-0.05, 0) is 68.1 Å². The third-order valence-electron chi connectivity index (χ3n) is 6.67. The molecule has 5 heterocycles. The fourth-order valence-corrected chi connectivity index (χ4v) is 4.56. The maximum absolute atomic E-state index is 13.7. The van der Waals surface area contributed by atoms with Gasteiger partial charge in [-0.15, -0.1) is 0 Å². The molecule has 2 amide bonds. The molecule has 2 bridgehead atoms. The number of nitrogens with one attached hydrogen (secondary N) is 1. The molecule has 0 spiro atoms. The van der Waals surface area contributed by atoms with Crippen LogP contribution in [0.2, 0.25) is 5.02 Å². The van der Waals surface area contributed by atoms with Gasteiger partial charge < -0.3 is 21.1 Å². The Kier molecular flexibility index (Phi) is 10.1. The van der Waals surface area contributed by atoms with Gasteiger partial charge in [-0.2, -0.15) is 5.10 Å². The van der Waals surface area contributed by atoms with E-state index in [0.29, 0.717) is 17.6 Å². The SMILES string of the molecule is CC(=O)c1cc(C(=O)NCc2ccc(F)c(Cl)c2)nc2c(F)cnn12.CC(N)=O.OCC12CCN(CC1)CC2. The van der Waals surface area contributed by atoms with Gasteiger partial charge in [-0.1, -0.05) is 17.7 Å². The molecule has 6 rings (SSSR count). The number of aliphatic hydroxyl groups excluding tert-OH is 1. The Hall–Kier alpha value is -3.48. The molecular weight excluding hydrogens is 534 g/mol. The summed E-state index contributed by atoms with van der Waals surface area (Å²) in [6, 6.07) is 5.26. The number of aliphatic hydroxyl groups is 1. The van der Waals surface area contributed by atoms with Crippen LogP contribution in [0.4, 0.5) is 8.78 Å². The van der Waals surface area contributed by atoms with Crippen LogP contribution < -0.4 is 11.1 Å². The van der Waals surface area contributed by atoms with Gasteiger partial charge >= 0.3 is 0 Å². The number of hydrogen-bond donors (Lipinski definition) is 3. The van der Waals surface area contributed by atoms with Crippen LogP contribution in [0.3, 0.4) is 0 Å². The number of benzene rings is 1. The Morgan fingerprint density at radius 2 is 1.72 bits per heavy atom. The van der Waals surface area contributed by atoms with E-state index in [9.17, 15) is 23.2 Å². The van der Waals surface area contributed by atoms with Crippen LogP contribution in [0.25, 0.3) is 5.65 Å². The number of nitrogens with zero attached hydrogens (tertiary/aromatic N) is 4. The molecule has 1 aromatic carbocycles. The molecular formula is C26H31ClF2N6O4. The predicted octanol–water partition coefficient (Wildman–Crippen LogP) is 2.75. The average Bonchev–Trinajstić information content (AvgIpc) is 3.30. The first-order chi connectivity index (χ1) is 18.4. The van der Waals surface area contributed by atoms with E-state index in [1.54, 1.807) is 0 Å². The molecule has 210 valence electrons. The van der Waals surface area contributed by atoms with Crippen molar-refractivity contribution < 1.29 is 28.3 Å². The zero-order valence-corrected chi connectivity index (χ0v) is 22.5. The van der Waals surface area contributed by atoms with Crippen LogP contribution in [0.15, 0.2) is 30.5 Å². The third-order valence-corrected chi connectivity index (χ3v) is 6.96. The summed E-state index contributed by atoms with van der Waals surface area (Å²) < 4.78 is 27.9. The van der Waals surface area contributed by atoms with Crippen LogP contribution in [-0.4, -0.2) is 68.4 Å². The number of primary amides is 1. The molecule has 39 heavy (non-hydrogen) atoms. The summed E-state index contributed by atoms with van der Waals surface area (Å²) >= 11 is 5.68. The first-order valence-corrected chi connectivity index (χ1v) is 12.7. The van der Waals surface area contributed by atoms with Crippen molar-refractivity contribution >= 4 is 34.8 Å². The largest absolute Gasteiger partial charge is 0.396 e. The molecule has 3 aromatic rings. The molecule has 3 fully saturated rings. The topological polar surface area (TPSA) is 143 Å². The van der Waals surface area contributed by atoms with Crippen molar-refractivity contribution in [1.29, 1.82) is 0 Å². The number of carbonyl (C=O) groups is 3. The minimum atomic E-state index is -0.748. The first-order valence-electron chi connectivity index (χ1n) is 12.3. The van der Waals surface area contributed by atoms with Gasteiger partial charge in [-0.25, -0.2) is 18.3 Å². The van der Waals surface area contributed by atoms with Crippen molar-refractivity contribution in [2.24, 2.45) is 11.1 Å². The highest BCUT2D eigenvalue weighted by Crippen LogP contribution is 2.39. The highest BCUT2D eigenvalue weighted by molar-refractivity contribution is 6.30. The lowest BCUT2D eigenvalue weighted by molar-refractivity contribution is -0.115. The number of halogens is 3. The first kappa shape index (κ1) is 30.1. The Bertz CT molecular complexity index is 1340. The molecule has 0 saturated carbocycles. The van der Waals surface area contributed by atoms with Gasteiger partial charge in [0.05, 0.1) is 11.2 Å². The summed E-state index contributed by atoms with van der Waals surface area (Å²) in [5.41, 5.74) is 5.06. The lowest BCUT2D eigenvalue weighted by Gasteiger charge is -2.47. The highest BCUT2D eigenvalue weighted by atomic mass is 35.5. The number of fused-ring (bicyclic) bond motifs is 4. The number of piperidine rings is 3. The number of ketones is 1. The molecule has 10 nitrogen and oxygen atoms in total. The van der Waals surface area contributed by atoms with E-state index in [4.69, 9.17) is 16.7 Å². The predicted molar refractivity (Wildman–Crippen MR) is 140 cm³/mol. The van der Waals surface area contributed by atoms with Gasteiger partial charge in [0.1, 0.15) is 17.2 Å². The maximum Gasteiger partial charge on any atom is 0.270 e. The molecule has 3 aliphatic heterocycles. The Morgan fingerprint density at radius 3 is 2.23 bits per heavy atom. The van der Waals surface area contributed by atoms with E-state index in [1.807, 2.05) is 0 Å². The van der Waals surface area contributed by atoms with E-state index in [1.165, 1.54) is 77.0 Å². The second-order valence-corrected chi connectivity index (χ2v) is 10.0. The zero-order valence-electron chi connectivity index (χ0n) is 21.7. The number of carbonyl (C=O) groups excluding carboxylic acids is 3. The third kappa shape index (κ3) is 7.78. The van der Waals surface area contributed by atoms with Crippen LogP contribution in [0.5, 0.6) is 0 Å². The van der Waals surface area contributed by atoms with Crippen LogP contribution >= 0.6 is 11.6 Å². The molecule has 13 heteroatoms. The lowest BCUT2D eigenvalue weighted by Crippen LogP contribution is -2.49. The van der Waals surface area contributed by atoms with Gasteiger partial charge in [0.15, 0.2) is 17.2 Å². The van der Waals surface area contributed by atoms with Crippen molar-refractivity contribution in [3.05, 3.63) is 64.1 Å². The second-order valence-electron chi connectivity index (χ2n) is 9.60. The van der Waals surface area contributed by atoms with Crippen molar-refractivity contribution in [3.63, 3.8) is 0 Å². The standard InChI is InChI=1S/C16H11ClF2N4O2.C8H15NO.C2H5NO/c1-8(24)14-5-13(22-15-12(19)7-21-23(14)15)16(25)20-6-9-2-3-11(18)10(17)4-9;10-7-8-1-4-9(5-2-8)6-3-8;1-2(3)4/h2-5,7H,6H2,1H3,(H,20,25);10H,1-7H2;1H3,(H2,3,4). The van der Waals surface area contributed by atoms with Gasteiger partial charge in [0.25, 0.3) is 5.91 Å². The number of aromatic nitrogens is 3. The van der Waals surface area contributed by atoms with Gasteiger partial charge in [-0.3, -0.25) is 14.4 Å². The summed E-state index contributed by atoms with van der Waals surface area (Å²) in [6.45, 7) is 6.72. The number of amides is 2. The molecule has 2 aromatic heterocycles. The smallest absolute Gasteiger partial charge is 0.270 e. The van der Waals surface area contributed by atoms with Crippen molar-refractivity contribution in [2.45, 2.75) is 39.7 Å². The monoisotopic (exact) mass is 564 g/mol. The second kappa shape index (κ2) is 13.0. The van der Waals surface area contributed by atoms with E-state index in [2.05, 4.69) is 26.0 Å². The number of nitrogens with two attached hydrogens (primary N) is 1. The van der Waals surface area contributed by atoms with Gasteiger partial charge in [0.2, 0.25) is 5.91 Å². The molecule has 3 saturated heterocycles. The van der Waals surface area contributed by atoms with Crippen LogP contribution in [0, 0.1) is 17.0 Å². The van der Waals surface area contributed by atoms with Crippen molar-refractivity contribution in [2.75, 3.05) is 26.2 Å². The summed E-state index contributed by atoms with van der Waals surface area (Å²) in [5, 5.41) is 15.4. The summed E-state index contributed by atoms with van der Waals surface area (Å²) in [7, 11) is 0. The van der Waals surface area contributed by atoms with Gasteiger partial charge in [0, 0.05) is 27.0 Å². The van der Waals surface area contributed by atoms with E-state index >= 15 is 0 Å². The van der Waals surface area contributed by atoms with E-state index < -0.39 is 23.3 Å². The van der Waals surface area contributed by atoms with Crippen LogP contribution in [0.1, 0.15) is 59.7 Å². The minimum Gasteiger partial charge on any atom is -0.396 e. The van der Waals surface area contributed by atoms with Crippen molar-refractivity contribution in [1.82, 2.24) is 24.8 Å². The van der Waals surface area contributed by atoms with Crippen LogP contribution in [-0.2, 0) is 11.3 Å². The number of rotatable bonds is 5. The lowest BCUT2D eigenvalue weighted by atomic mass is 9.73. The zero-order chi connectivity index (χ0) is 28.7. The summed E-state index contributed by atoms with van der Waals surface area (Å²) in [6.07, 6.45) is 4.59. The molecule has 0 aliphatic carbocycles. The highest BCUT2D eigenvalue weighted by Gasteiger charge is 2.38. The average molecular weight is 565 g/mol. The summed E-state index contributed by atoms with van der Waals surface area (Å²) in [4.78, 5) is 39.6. The molecule has 0 atom stereocenters. The molecule has 3 aliphatic rings. The maximum atomic E-state index is 13.7. The molecule has 0 radical (unpaired) electrons. The fraction of sp³-hybridized carbons (Fsp3) is 0.423. The molecule has 4 N–H and O–H groups in total. The van der Waals surface area contributed by atoms with Crippen molar-refractivity contribution in [3.8, 4) is 0 Å². The fourth-order valence-electron chi connectivity index (χ4n) is 4.36. The Labute approximate surface area is 229 Å². The number of hydrogen-bond acceptors (Lipinski definition) is 7. The minimum absolute atomic E-state index is 0.0314.